The number of hydrogen-bond acceptors (Lipinski definition) is 4. The molecule has 1 aromatic carbocycles. The summed E-state index contributed by atoms with van der Waals surface area (Å²) in [6, 6.07) is 10.7. The minimum atomic E-state index is -0.298. The average Bonchev–Trinajstić information content (AvgIpc) is 3.39. The van der Waals surface area contributed by atoms with Gasteiger partial charge in [-0.1, -0.05) is 18.2 Å². The first-order chi connectivity index (χ1) is 13.2. The predicted molar refractivity (Wildman–Crippen MR) is 99.9 cm³/mol. The van der Waals surface area contributed by atoms with Crippen LogP contribution < -0.4 is 10.9 Å². The Bertz CT molecular complexity index is 1050. The minimum Gasteiger partial charge on any atom is -0.377 e. The Morgan fingerprint density at radius 3 is 3.00 bits per heavy atom. The Hall–Kier alpha value is -2.93. The molecule has 27 heavy (non-hydrogen) atoms. The monoisotopic (exact) mass is 364 g/mol. The van der Waals surface area contributed by atoms with Crippen LogP contribution in [0, 0.1) is 0 Å². The van der Waals surface area contributed by atoms with Crippen LogP contribution >= 0.6 is 0 Å². The number of aryl methyl sites for hydroxylation is 2. The molecular formula is C20H20N4O3. The number of hydrogen-bond donors (Lipinski definition) is 2. The van der Waals surface area contributed by atoms with Gasteiger partial charge in [-0.15, -0.1) is 0 Å². The van der Waals surface area contributed by atoms with Crippen molar-refractivity contribution in [3.05, 3.63) is 63.7 Å². The number of para-hydroxylation sites is 1. The summed E-state index contributed by atoms with van der Waals surface area (Å²) in [4.78, 5) is 28.4. The van der Waals surface area contributed by atoms with E-state index >= 15 is 0 Å². The first kappa shape index (κ1) is 16.3. The van der Waals surface area contributed by atoms with Crippen molar-refractivity contribution in [2.24, 2.45) is 0 Å². The molecule has 1 fully saturated rings. The van der Waals surface area contributed by atoms with E-state index in [1.54, 1.807) is 6.07 Å². The van der Waals surface area contributed by atoms with Gasteiger partial charge in [0.2, 0.25) is 0 Å². The summed E-state index contributed by atoms with van der Waals surface area (Å²) < 4.78 is 7.06. The number of carbonyl (C=O) groups is 1. The third-order valence-electron chi connectivity index (χ3n) is 5.44. The van der Waals surface area contributed by atoms with Gasteiger partial charge < -0.3 is 15.0 Å². The highest BCUT2D eigenvalue weighted by Crippen LogP contribution is 2.22. The number of fused-ring (bicyclic) bond motifs is 2. The van der Waals surface area contributed by atoms with E-state index in [0.29, 0.717) is 18.9 Å². The summed E-state index contributed by atoms with van der Waals surface area (Å²) in [5.74, 6) is -0.207. The largest absolute Gasteiger partial charge is 0.377 e. The predicted octanol–water partition coefficient (Wildman–Crippen LogP) is 1.58. The molecule has 0 radical (unpaired) electrons. The lowest BCUT2D eigenvalue weighted by molar-refractivity contribution is 0.0920. The summed E-state index contributed by atoms with van der Waals surface area (Å²) in [5, 5.41) is 8.55. The fourth-order valence-corrected chi connectivity index (χ4v) is 4.02. The highest BCUT2D eigenvalue weighted by molar-refractivity contribution is 5.98. The maximum absolute atomic E-state index is 12.7. The minimum absolute atomic E-state index is 0.129. The Morgan fingerprint density at radius 2 is 2.11 bits per heavy atom. The molecule has 3 heterocycles. The second-order valence-electron chi connectivity index (χ2n) is 7.21. The first-order valence-corrected chi connectivity index (χ1v) is 9.27. The van der Waals surface area contributed by atoms with Crippen molar-refractivity contribution in [1.29, 1.82) is 0 Å². The van der Waals surface area contributed by atoms with Crippen molar-refractivity contribution in [1.82, 2.24) is 20.1 Å². The smallest absolute Gasteiger partial charge is 0.268 e. The number of nitrogens with one attached hydrogen (secondary N) is 2. The first-order valence-electron chi connectivity index (χ1n) is 9.27. The summed E-state index contributed by atoms with van der Waals surface area (Å²) in [7, 11) is 0. The van der Waals surface area contributed by atoms with E-state index in [9.17, 15) is 9.59 Å². The Balaban J connectivity index is 1.40. The standard InChI is InChI=1S/C20H20N4O3/c25-19-9-13-5-3-7-15(13)23-24(19)18-11-27-10-17(18)22-20(26)16-8-12-4-1-2-6-14(12)21-16/h1-2,4,6,8-9,17-18,21H,3,5,7,10-11H2,(H,22,26). The molecule has 1 aliphatic heterocycles. The molecule has 7 nitrogen and oxygen atoms in total. The molecule has 1 aliphatic carbocycles. The van der Waals surface area contributed by atoms with Crippen molar-refractivity contribution >= 4 is 16.8 Å². The number of benzene rings is 1. The van der Waals surface area contributed by atoms with Crippen LogP contribution in [-0.2, 0) is 17.6 Å². The molecule has 0 spiro atoms. The molecule has 2 aliphatic rings. The Kier molecular flexibility index (Phi) is 3.82. The van der Waals surface area contributed by atoms with Crippen molar-refractivity contribution < 1.29 is 9.53 Å². The van der Waals surface area contributed by atoms with E-state index in [4.69, 9.17) is 4.74 Å². The number of carbonyl (C=O) groups excluding carboxylic acids is 1. The summed E-state index contributed by atoms with van der Waals surface area (Å²) in [5.41, 5.74) is 3.32. The van der Waals surface area contributed by atoms with Crippen LogP contribution in [0.4, 0.5) is 0 Å². The Labute approximate surface area is 155 Å². The molecule has 2 atom stereocenters. The fraction of sp³-hybridized carbons (Fsp3) is 0.350. The normalized spacial score (nSPS) is 21.5. The SMILES string of the molecule is O=C(NC1COCC1n1nc2c(cc1=O)CCC2)c1cc2ccccc2[nH]1. The van der Waals surface area contributed by atoms with Crippen LogP contribution in [0.15, 0.2) is 41.2 Å². The molecule has 1 amide bonds. The molecule has 0 bridgehead atoms. The van der Waals surface area contributed by atoms with Crippen LogP contribution in [0.25, 0.3) is 10.9 Å². The van der Waals surface area contributed by atoms with Crippen molar-refractivity contribution in [3.63, 3.8) is 0 Å². The molecule has 3 aromatic rings. The average molecular weight is 364 g/mol. The van der Waals surface area contributed by atoms with Crippen LogP contribution in [0.3, 0.4) is 0 Å². The van der Waals surface area contributed by atoms with Gasteiger partial charge in [-0.2, -0.15) is 5.10 Å². The molecule has 2 unspecified atom stereocenters. The van der Waals surface area contributed by atoms with Crippen LogP contribution in [-0.4, -0.2) is 39.9 Å². The third-order valence-corrected chi connectivity index (χ3v) is 5.44. The van der Waals surface area contributed by atoms with Gasteiger partial charge in [0.1, 0.15) is 11.7 Å². The lowest BCUT2D eigenvalue weighted by atomic mass is 10.1. The molecule has 138 valence electrons. The van der Waals surface area contributed by atoms with E-state index in [0.717, 1.165) is 41.4 Å². The number of ether oxygens (including phenoxy) is 1. The molecule has 2 aromatic heterocycles. The highest BCUT2D eigenvalue weighted by atomic mass is 16.5. The summed E-state index contributed by atoms with van der Waals surface area (Å²) >= 11 is 0. The van der Waals surface area contributed by atoms with E-state index in [2.05, 4.69) is 15.4 Å². The maximum Gasteiger partial charge on any atom is 0.268 e. The molecular weight excluding hydrogens is 344 g/mol. The zero-order valence-corrected chi connectivity index (χ0v) is 14.8. The fourth-order valence-electron chi connectivity index (χ4n) is 4.02. The van der Waals surface area contributed by atoms with E-state index in [-0.39, 0.29) is 23.6 Å². The lowest BCUT2D eigenvalue weighted by Gasteiger charge is -2.20. The topological polar surface area (TPSA) is 89.0 Å². The number of amides is 1. The van der Waals surface area contributed by atoms with E-state index < -0.39 is 0 Å². The lowest BCUT2D eigenvalue weighted by Crippen LogP contribution is -2.44. The Morgan fingerprint density at radius 1 is 1.22 bits per heavy atom. The molecule has 5 rings (SSSR count). The molecule has 0 saturated carbocycles. The second-order valence-corrected chi connectivity index (χ2v) is 7.21. The van der Waals surface area contributed by atoms with Crippen LogP contribution in [0.1, 0.15) is 34.2 Å². The van der Waals surface area contributed by atoms with Crippen molar-refractivity contribution in [2.75, 3.05) is 13.2 Å². The van der Waals surface area contributed by atoms with Gasteiger partial charge in [0.05, 0.1) is 24.9 Å². The van der Waals surface area contributed by atoms with Gasteiger partial charge in [-0.05, 0) is 37.0 Å². The number of aromatic nitrogens is 3. The quantitative estimate of drug-likeness (QED) is 0.739. The zero-order valence-electron chi connectivity index (χ0n) is 14.8. The molecule has 1 saturated heterocycles. The van der Waals surface area contributed by atoms with E-state index in [1.807, 2.05) is 30.3 Å². The van der Waals surface area contributed by atoms with Gasteiger partial charge in [-0.3, -0.25) is 9.59 Å². The number of aromatic amines is 1. The van der Waals surface area contributed by atoms with Crippen molar-refractivity contribution in [3.8, 4) is 0 Å². The van der Waals surface area contributed by atoms with Gasteiger partial charge in [0, 0.05) is 17.0 Å². The van der Waals surface area contributed by atoms with Crippen molar-refractivity contribution in [2.45, 2.75) is 31.3 Å². The summed E-state index contributed by atoms with van der Waals surface area (Å²) in [6.45, 7) is 0.727. The van der Waals surface area contributed by atoms with Crippen LogP contribution in [0.5, 0.6) is 0 Å². The zero-order chi connectivity index (χ0) is 18.4. The maximum atomic E-state index is 12.7. The highest BCUT2D eigenvalue weighted by Gasteiger charge is 2.33. The number of rotatable bonds is 3. The van der Waals surface area contributed by atoms with E-state index in [1.165, 1.54) is 4.68 Å². The molecule has 7 heteroatoms. The van der Waals surface area contributed by atoms with Gasteiger partial charge in [0.15, 0.2) is 0 Å². The van der Waals surface area contributed by atoms with Gasteiger partial charge in [-0.25, -0.2) is 4.68 Å². The third kappa shape index (κ3) is 2.84. The molecule has 2 N–H and O–H groups in total. The number of H-pyrrole nitrogens is 1. The van der Waals surface area contributed by atoms with Gasteiger partial charge >= 0.3 is 0 Å². The summed E-state index contributed by atoms with van der Waals surface area (Å²) in [6.07, 6.45) is 2.85. The van der Waals surface area contributed by atoms with Gasteiger partial charge in [0.25, 0.3) is 11.5 Å². The second kappa shape index (κ2) is 6.35. The van der Waals surface area contributed by atoms with Crippen LogP contribution in [0.2, 0.25) is 0 Å². The number of nitrogens with zero attached hydrogens (tertiary/aromatic N) is 2.